The van der Waals surface area contributed by atoms with E-state index in [9.17, 15) is 4.79 Å². The Morgan fingerprint density at radius 3 is 2.75 bits per heavy atom. The second kappa shape index (κ2) is 7.13. The van der Waals surface area contributed by atoms with E-state index in [1.165, 1.54) is 0 Å². The molecule has 0 aliphatic heterocycles. The Kier molecular flexibility index (Phi) is 5.13. The van der Waals surface area contributed by atoms with Crippen molar-refractivity contribution in [1.82, 2.24) is 10.5 Å². The zero-order valence-electron chi connectivity index (χ0n) is 13.3. The quantitative estimate of drug-likeness (QED) is 0.860. The monoisotopic (exact) mass is 367 g/mol. The van der Waals surface area contributed by atoms with E-state index in [1.54, 1.807) is 25.1 Å². The molecule has 1 aromatic carbocycles. The van der Waals surface area contributed by atoms with Crippen LogP contribution in [0.5, 0.6) is 0 Å². The van der Waals surface area contributed by atoms with Crippen LogP contribution in [-0.2, 0) is 0 Å². The molecule has 1 aliphatic rings. The van der Waals surface area contributed by atoms with Crippen LogP contribution >= 0.6 is 23.2 Å². The summed E-state index contributed by atoms with van der Waals surface area (Å²) >= 11 is 12.5. The lowest BCUT2D eigenvalue weighted by Crippen LogP contribution is -2.40. The van der Waals surface area contributed by atoms with Crippen LogP contribution in [0.2, 0.25) is 10.0 Å². The third kappa shape index (κ3) is 3.16. The number of hydrogen-bond donors (Lipinski definition) is 2. The Bertz CT molecular complexity index is 740. The first-order valence-corrected chi connectivity index (χ1v) is 8.70. The number of halogens is 2. The maximum Gasteiger partial charge on any atom is 0.257 e. The predicted octanol–water partition coefficient (Wildman–Crippen LogP) is 3.81. The third-order valence-electron chi connectivity index (χ3n) is 4.57. The number of carbonyl (C=O) groups is 1. The molecule has 128 valence electrons. The lowest BCUT2D eigenvalue weighted by molar-refractivity contribution is 0.0928. The molecule has 2 atom stereocenters. The number of aryl methyl sites for hydroxylation is 1. The van der Waals surface area contributed by atoms with Crippen LogP contribution < -0.4 is 11.1 Å². The Balaban J connectivity index is 1.94. The molecule has 0 bridgehead atoms. The van der Waals surface area contributed by atoms with Gasteiger partial charge in [-0.3, -0.25) is 4.79 Å². The number of carbonyl (C=O) groups excluding carboxylic acids is 1. The Labute approximate surface area is 150 Å². The Morgan fingerprint density at radius 1 is 1.38 bits per heavy atom. The summed E-state index contributed by atoms with van der Waals surface area (Å²) in [5, 5.41) is 7.92. The second-order valence-electron chi connectivity index (χ2n) is 6.07. The summed E-state index contributed by atoms with van der Waals surface area (Å²) in [7, 11) is 0. The highest BCUT2D eigenvalue weighted by molar-refractivity contribution is 6.39. The first-order valence-electron chi connectivity index (χ1n) is 7.94. The fraction of sp³-hybridized carbons (Fsp3) is 0.412. The molecule has 5 nitrogen and oxygen atoms in total. The van der Waals surface area contributed by atoms with E-state index in [2.05, 4.69) is 10.5 Å². The Morgan fingerprint density at radius 2 is 2.08 bits per heavy atom. The minimum atomic E-state index is -0.231. The average molecular weight is 368 g/mol. The standard InChI is InChI=1S/C17H19Cl2N3O2/c1-9-14(17(23)21-13-7-2-4-10(13)8-20)16(22-24-9)15-11(18)5-3-6-12(15)19/h3,5-6,10,13H,2,4,7-8,20H2,1H3,(H,21,23). The van der Waals surface area contributed by atoms with Crippen molar-refractivity contribution in [1.29, 1.82) is 0 Å². The molecule has 0 radical (unpaired) electrons. The zero-order valence-corrected chi connectivity index (χ0v) is 14.8. The molecule has 3 rings (SSSR count). The van der Waals surface area contributed by atoms with Gasteiger partial charge in [-0.2, -0.15) is 0 Å². The lowest BCUT2D eigenvalue weighted by Gasteiger charge is -2.19. The number of benzene rings is 1. The lowest BCUT2D eigenvalue weighted by atomic mass is 10.0. The summed E-state index contributed by atoms with van der Waals surface area (Å²) in [6.45, 7) is 2.27. The molecule has 1 fully saturated rings. The molecule has 24 heavy (non-hydrogen) atoms. The largest absolute Gasteiger partial charge is 0.360 e. The minimum Gasteiger partial charge on any atom is -0.360 e. The van der Waals surface area contributed by atoms with Gasteiger partial charge in [-0.15, -0.1) is 0 Å². The molecule has 0 spiro atoms. The molecule has 3 N–H and O–H groups in total. The van der Waals surface area contributed by atoms with E-state index in [4.69, 9.17) is 33.5 Å². The maximum atomic E-state index is 12.8. The maximum absolute atomic E-state index is 12.8. The summed E-state index contributed by atoms with van der Waals surface area (Å²) < 4.78 is 5.25. The number of nitrogens with zero attached hydrogens (tertiary/aromatic N) is 1. The fourth-order valence-corrected chi connectivity index (χ4v) is 3.86. The number of aromatic nitrogens is 1. The summed E-state index contributed by atoms with van der Waals surface area (Å²) in [5.74, 6) is 0.507. The number of nitrogens with two attached hydrogens (primary N) is 1. The first-order chi connectivity index (χ1) is 11.5. The van der Waals surface area contributed by atoms with Crippen LogP contribution in [0, 0.1) is 12.8 Å². The molecular formula is C17H19Cl2N3O2. The van der Waals surface area contributed by atoms with Crippen molar-refractivity contribution in [2.24, 2.45) is 11.7 Å². The van der Waals surface area contributed by atoms with Gasteiger partial charge in [0.05, 0.1) is 10.0 Å². The molecule has 1 heterocycles. The van der Waals surface area contributed by atoms with Gasteiger partial charge in [-0.25, -0.2) is 0 Å². The molecule has 1 amide bonds. The fourth-order valence-electron chi connectivity index (χ4n) is 3.28. The van der Waals surface area contributed by atoms with Gasteiger partial charge in [-0.05, 0) is 44.4 Å². The van der Waals surface area contributed by atoms with Crippen molar-refractivity contribution in [2.75, 3.05) is 6.54 Å². The molecule has 7 heteroatoms. The number of amides is 1. The van der Waals surface area contributed by atoms with Crippen LogP contribution in [0.3, 0.4) is 0 Å². The van der Waals surface area contributed by atoms with Crippen molar-refractivity contribution < 1.29 is 9.32 Å². The Hall–Kier alpha value is -1.56. The average Bonchev–Trinajstić information content (AvgIpc) is 3.13. The van der Waals surface area contributed by atoms with Gasteiger partial charge in [0.15, 0.2) is 0 Å². The topological polar surface area (TPSA) is 81.2 Å². The van der Waals surface area contributed by atoms with Gasteiger partial charge < -0.3 is 15.6 Å². The van der Waals surface area contributed by atoms with Crippen molar-refractivity contribution in [3.05, 3.63) is 39.6 Å². The summed E-state index contributed by atoms with van der Waals surface area (Å²) in [6.07, 6.45) is 3.03. The van der Waals surface area contributed by atoms with E-state index in [-0.39, 0.29) is 11.9 Å². The van der Waals surface area contributed by atoms with Crippen LogP contribution in [0.15, 0.2) is 22.7 Å². The molecular weight excluding hydrogens is 349 g/mol. The molecule has 1 aromatic heterocycles. The molecule has 2 unspecified atom stereocenters. The van der Waals surface area contributed by atoms with E-state index < -0.39 is 0 Å². The highest BCUT2D eigenvalue weighted by Gasteiger charge is 2.31. The first kappa shape index (κ1) is 17.3. The number of rotatable bonds is 4. The third-order valence-corrected chi connectivity index (χ3v) is 5.20. The van der Waals surface area contributed by atoms with E-state index in [0.717, 1.165) is 19.3 Å². The van der Waals surface area contributed by atoms with E-state index in [1.807, 2.05) is 0 Å². The smallest absolute Gasteiger partial charge is 0.257 e. The van der Waals surface area contributed by atoms with Crippen LogP contribution in [0.1, 0.15) is 35.4 Å². The summed E-state index contributed by atoms with van der Waals surface area (Å²) in [6, 6.07) is 5.23. The number of nitrogens with one attached hydrogen (secondary N) is 1. The summed E-state index contributed by atoms with van der Waals surface area (Å²) in [4.78, 5) is 12.8. The second-order valence-corrected chi connectivity index (χ2v) is 6.88. The van der Waals surface area contributed by atoms with Gasteiger partial charge in [0.1, 0.15) is 17.0 Å². The van der Waals surface area contributed by atoms with Crippen LogP contribution in [-0.4, -0.2) is 23.7 Å². The number of hydrogen-bond acceptors (Lipinski definition) is 4. The van der Waals surface area contributed by atoms with Gasteiger partial charge in [0.2, 0.25) is 0 Å². The van der Waals surface area contributed by atoms with Crippen molar-refractivity contribution >= 4 is 29.1 Å². The molecule has 2 aromatic rings. The van der Waals surface area contributed by atoms with Gasteiger partial charge in [0.25, 0.3) is 5.91 Å². The SMILES string of the molecule is Cc1onc(-c2c(Cl)cccc2Cl)c1C(=O)NC1CCCC1CN. The van der Waals surface area contributed by atoms with E-state index in [0.29, 0.717) is 45.1 Å². The van der Waals surface area contributed by atoms with Gasteiger partial charge in [-0.1, -0.05) is 40.8 Å². The molecule has 1 aliphatic carbocycles. The normalized spacial score (nSPS) is 20.3. The summed E-state index contributed by atoms with van der Waals surface area (Å²) in [5.41, 5.74) is 7.03. The van der Waals surface area contributed by atoms with E-state index >= 15 is 0 Å². The van der Waals surface area contributed by atoms with Gasteiger partial charge >= 0.3 is 0 Å². The minimum absolute atomic E-state index is 0.0753. The highest BCUT2D eigenvalue weighted by atomic mass is 35.5. The predicted molar refractivity (Wildman–Crippen MR) is 94.3 cm³/mol. The van der Waals surface area contributed by atoms with Crippen molar-refractivity contribution in [3.63, 3.8) is 0 Å². The van der Waals surface area contributed by atoms with Crippen molar-refractivity contribution in [2.45, 2.75) is 32.2 Å². The van der Waals surface area contributed by atoms with Crippen LogP contribution in [0.4, 0.5) is 0 Å². The zero-order chi connectivity index (χ0) is 17.3. The molecule has 0 saturated heterocycles. The highest BCUT2D eigenvalue weighted by Crippen LogP contribution is 2.37. The molecule has 1 saturated carbocycles. The van der Waals surface area contributed by atoms with Crippen LogP contribution in [0.25, 0.3) is 11.3 Å². The van der Waals surface area contributed by atoms with Crippen molar-refractivity contribution in [3.8, 4) is 11.3 Å². The van der Waals surface area contributed by atoms with Gasteiger partial charge in [0, 0.05) is 11.6 Å².